The summed E-state index contributed by atoms with van der Waals surface area (Å²) in [5.74, 6) is 0. The van der Waals surface area contributed by atoms with Crippen molar-refractivity contribution in [3.8, 4) is 0 Å². The van der Waals surface area contributed by atoms with Gasteiger partial charge in [0.2, 0.25) is 0 Å². The highest BCUT2D eigenvalue weighted by Crippen LogP contribution is 2.00. The van der Waals surface area contributed by atoms with Gasteiger partial charge in [-0.2, -0.15) is 0 Å². The average molecular weight is 156 g/mol. The molecule has 3 nitrogen and oxygen atoms in total. The Morgan fingerprint density at radius 1 is 1.64 bits per heavy atom. The summed E-state index contributed by atoms with van der Waals surface area (Å²) in [7, 11) is 4.16. The Balaban J connectivity index is 2.12. The van der Waals surface area contributed by atoms with Crippen molar-refractivity contribution in [1.82, 2.24) is 15.5 Å². The van der Waals surface area contributed by atoms with Crippen LogP contribution in [0.25, 0.3) is 0 Å². The minimum absolute atomic E-state index is 0.571. The van der Waals surface area contributed by atoms with Gasteiger partial charge < -0.3 is 10.2 Å². The van der Waals surface area contributed by atoms with Gasteiger partial charge in [-0.1, -0.05) is 0 Å². The number of rotatable bonds is 3. The van der Waals surface area contributed by atoms with Crippen LogP contribution in [-0.4, -0.2) is 51.2 Å². The molecule has 1 N–H and O–H groups in total. The molecule has 1 unspecified atom stereocenters. The third-order valence-electron chi connectivity index (χ3n) is 2.12. The standard InChI is InChI=1S/C8H18N3/c1-9-4-3-8-7-11(2)6-5-10-8/h8-9H,3-7H2,1-2H3. The van der Waals surface area contributed by atoms with Gasteiger partial charge in [0.25, 0.3) is 0 Å². The van der Waals surface area contributed by atoms with Gasteiger partial charge in [-0.25, -0.2) is 5.32 Å². The second kappa shape index (κ2) is 4.70. The van der Waals surface area contributed by atoms with E-state index in [9.17, 15) is 0 Å². The lowest BCUT2D eigenvalue weighted by Crippen LogP contribution is -2.45. The zero-order valence-corrected chi connectivity index (χ0v) is 7.51. The summed E-state index contributed by atoms with van der Waals surface area (Å²) < 4.78 is 0. The summed E-state index contributed by atoms with van der Waals surface area (Å²) in [5.41, 5.74) is 0. The van der Waals surface area contributed by atoms with Gasteiger partial charge in [-0.3, -0.25) is 0 Å². The summed E-state index contributed by atoms with van der Waals surface area (Å²) in [5, 5.41) is 7.69. The van der Waals surface area contributed by atoms with Crippen LogP contribution in [0.3, 0.4) is 0 Å². The topological polar surface area (TPSA) is 29.4 Å². The molecule has 1 fully saturated rings. The first-order chi connectivity index (χ1) is 5.33. The molecule has 1 radical (unpaired) electrons. The Hall–Kier alpha value is -0.120. The lowest BCUT2D eigenvalue weighted by Gasteiger charge is -2.29. The fourth-order valence-corrected chi connectivity index (χ4v) is 1.41. The number of hydrogen-bond acceptors (Lipinski definition) is 2. The van der Waals surface area contributed by atoms with Crippen molar-refractivity contribution in [1.29, 1.82) is 0 Å². The van der Waals surface area contributed by atoms with Crippen LogP contribution in [0.2, 0.25) is 0 Å². The van der Waals surface area contributed by atoms with E-state index in [0.29, 0.717) is 6.04 Å². The zero-order valence-electron chi connectivity index (χ0n) is 7.51. The predicted octanol–water partition coefficient (Wildman–Crippen LogP) is -0.486. The van der Waals surface area contributed by atoms with E-state index in [0.717, 1.165) is 26.2 Å². The van der Waals surface area contributed by atoms with Gasteiger partial charge in [-0.05, 0) is 27.1 Å². The van der Waals surface area contributed by atoms with Crippen molar-refractivity contribution >= 4 is 0 Å². The van der Waals surface area contributed by atoms with Crippen LogP contribution in [0.5, 0.6) is 0 Å². The van der Waals surface area contributed by atoms with Crippen molar-refractivity contribution in [2.75, 3.05) is 40.3 Å². The molecule has 1 rings (SSSR count). The molecule has 0 saturated carbocycles. The van der Waals surface area contributed by atoms with Crippen LogP contribution in [0.1, 0.15) is 6.42 Å². The lowest BCUT2D eigenvalue weighted by molar-refractivity contribution is 0.228. The molecular weight excluding hydrogens is 138 g/mol. The van der Waals surface area contributed by atoms with Crippen LogP contribution < -0.4 is 10.6 Å². The third-order valence-corrected chi connectivity index (χ3v) is 2.12. The third kappa shape index (κ3) is 3.18. The quantitative estimate of drug-likeness (QED) is 0.598. The van der Waals surface area contributed by atoms with E-state index in [4.69, 9.17) is 0 Å². The van der Waals surface area contributed by atoms with Crippen molar-refractivity contribution in [2.24, 2.45) is 0 Å². The molecule has 65 valence electrons. The number of nitrogens with zero attached hydrogens (tertiary/aromatic N) is 2. The summed E-state index contributed by atoms with van der Waals surface area (Å²) in [6.45, 7) is 4.38. The van der Waals surface area contributed by atoms with Crippen LogP contribution >= 0.6 is 0 Å². The van der Waals surface area contributed by atoms with Crippen LogP contribution in [0.15, 0.2) is 0 Å². The molecule has 0 aromatic rings. The normalized spacial score (nSPS) is 27.3. The van der Waals surface area contributed by atoms with Gasteiger partial charge in [0.15, 0.2) is 0 Å². The molecule has 1 heterocycles. The Morgan fingerprint density at radius 3 is 3.09 bits per heavy atom. The maximum absolute atomic E-state index is 4.54. The maximum Gasteiger partial charge on any atom is 0.0385 e. The van der Waals surface area contributed by atoms with E-state index in [1.54, 1.807) is 0 Å². The number of likely N-dealkylation sites (N-methyl/N-ethyl adjacent to an activating group) is 1. The Kier molecular flexibility index (Phi) is 3.83. The zero-order chi connectivity index (χ0) is 8.10. The second-order valence-corrected chi connectivity index (χ2v) is 3.21. The van der Waals surface area contributed by atoms with Crippen LogP contribution in [0.4, 0.5) is 0 Å². The highest BCUT2D eigenvalue weighted by atomic mass is 15.2. The van der Waals surface area contributed by atoms with Crippen molar-refractivity contribution in [3.05, 3.63) is 0 Å². The fraction of sp³-hybridized carbons (Fsp3) is 1.00. The summed E-state index contributed by atoms with van der Waals surface area (Å²) in [6, 6.07) is 0.571. The summed E-state index contributed by atoms with van der Waals surface area (Å²) in [4.78, 5) is 2.35. The molecule has 0 aliphatic carbocycles. The van der Waals surface area contributed by atoms with E-state index in [1.165, 1.54) is 6.42 Å². The van der Waals surface area contributed by atoms with Crippen molar-refractivity contribution in [3.63, 3.8) is 0 Å². The highest BCUT2D eigenvalue weighted by molar-refractivity contribution is 4.76. The van der Waals surface area contributed by atoms with Gasteiger partial charge in [0, 0.05) is 25.7 Å². The summed E-state index contributed by atoms with van der Waals surface area (Å²) in [6.07, 6.45) is 1.18. The average Bonchev–Trinajstić information content (AvgIpc) is 2.01. The molecule has 1 aliphatic rings. The largest absolute Gasteiger partial charge is 0.320 e. The number of piperazine rings is 1. The second-order valence-electron chi connectivity index (χ2n) is 3.21. The molecule has 0 bridgehead atoms. The molecule has 0 aromatic carbocycles. The SMILES string of the molecule is CNCCC1CN(C)CC[N]1. The molecule has 3 heteroatoms. The van der Waals surface area contributed by atoms with Crippen molar-refractivity contribution < 1.29 is 0 Å². The number of hydrogen-bond donors (Lipinski definition) is 1. The molecule has 0 spiro atoms. The van der Waals surface area contributed by atoms with Gasteiger partial charge in [0.1, 0.15) is 0 Å². The molecule has 11 heavy (non-hydrogen) atoms. The molecule has 0 amide bonds. The van der Waals surface area contributed by atoms with Crippen LogP contribution in [0, 0.1) is 0 Å². The van der Waals surface area contributed by atoms with E-state index < -0.39 is 0 Å². The fourth-order valence-electron chi connectivity index (χ4n) is 1.41. The first-order valence-electron chi connectivity index (χ1n) is 4.32. The van der Waals surface area contributed by atoms with Gasteiger partial charge >= 0.3 is 0 Å². The van der Waals surface area contributed by atoms with E-state index in [-0.39, 0.29) is 0 Å². The highest BCUT2D eigenvalue weighted by Gasteiger charge is 2.16. The van der Waals surface area contributed by atoms with Gasteiger partial charge in [0.05, 0.1) is 0 Å². The number of nitrogens with one attached hydrogen (secondary N) is 1. The van der Waals surface area contributed by atoms with E-state index in [1.807, 2.05) is 7.05 Å². The molecule has 1 atom stereocenters. The lowest BCUT2D eigenvalue weighted by atomic mass is 10.1. The minimum Gasteiger partial charge on any atom is -0.320 e. The Morgan fingerprint density at radius 2 is 2.45 bits per heavy atom. The Labute approximate surface area is 69.1 Å². The predicted molar refractivity (Wildman–Crippen MR) is 46.8 cm³/mol. The molecule has 0 aromatic heterocycles. The molecule has 1 saturated heterocycles. The van der Waals surface area contributed by atoms with E-state index in [2.05, 4.69) is 22.6 Å². The Bertz CT molecular complexity index is 106. The van der Waals surface area contributed by atoms with Crippen molar-refractivity contribution in [2.45, 2.75) is 12.5 Å². The molecular formula is C8H18N3. The first-order valence-corrected chi connectivity index (χ1v) is 4.32. The summed E-state index contributed by atoms with van der Waals surface area (Å²) >= 11 is 0. The van der Waals surface area contributed by atoms with E-state index >= 15 is 0 Å². The van der Waals surface area contributed by atoms with Gasteiger partial charge in [-0.15, -0.1) is 0 Å². The first kappa shape index (κ1) is 8.97. The minimum atomic E-state index is 0.571. The smallest absolute Gasteiger partial charge is 0.0385 e. The van der Waals surface area contributed by atoms with Crippen LogP contribution in [-0.2, 0) is 0 Å². The monoisotopic (exact) mass is 156 g/mol. The molecule has 1 aliphatic heterocycles. The maximum atomic E-state index is 4.54.